The van der Waals surface area contributed by atoms with E-state index in [-0.39, 0.29) is 12.7 Å². The molecule has 0 saturated heterocycles. The van der Waals surface area contributed by atoms with Crippen molar-refractivity contribution in [2.24, 2.45) is 29.6 Å². The summed E-state index contributed by atoms with van der Waals surface area (Å²) in [6.07, 6.45) is 5.45. The molecule has 0 aromatic carbocycles. The minimum Gasteiger partial charge on any atom is -0.396 e. The van der Waals surface area contributed by atoms with Gasteiger partial charge in [-0.15, -0.1) is 0 Å². The van der Waals surface area contributed by atoms with Crippen molar-refractivity contribution in [1.82, 2.24) is 0 Å². The second-order valence-corrected chi connectivity index (χ2v) is 6.28. The molecule has 2 nitrogen and oxygen atoms in total. The van der Waals surface area contributed by atoms with Crippen LogP contribution >= 0.6 is 0 Å². The van der Waals surface area contributed by atoms with Crippen molar-refractivity contribution in [2.75, 3.05) is 6.61 Å². The number of allylic oxidation sites excluding steroid dienone is 1. The quantitative estimate of drug-likeness (QED) is 0.726. The van der Waals surface area contributed by atoms with Crippen LogP contribution < -0.4 is 0 Å². The van der Waals surface area contributed by atoms with Gasteiger partial charge < -0.3 is 10.2 Å². The Balaban J connectivity index is 2.23. The summed E-state index contributed by atoms with van der Waals surface area (Å²) >= 11 is 0. The van der Waals surface area contributed by atoms with Gasteiger partial charge in [0, 0.05) is 6.61 Å². The molecule has 98 valence electrons. The van der Waals surface area contributed by atoms with E-state index in [0.717, 1.165) is 12.0 Å². The van der Waals surface area contributed by atoms with E-state index < -0.39 is 0 Å². The van der Waals surface area contributed by atoms with Gasteiger partial charge in [0.15, 0.2) is 0 Å². The van der Waals surface area contributed by atoms with E-state index in [1.54, 1.807) is 0 Å². The molecule has 0 heterocycles. The van der Waals surface area contributed by atoms with E-state index in [4.69, 9.17) is 0 Å². The molecular weight excluding hydrogens is 212 g/mol. The Hall–Kier alpha value is -0.340. The van der Waals surface area contributed by atoms with E-state index in [1.807, 2.05) is 6.92 Å². The molecule has 2 N–H and O–H groups in total. The smallest absolute Gasteiger partial charge is 0.0750 e. The first kappa shape index (κ1) is 13.1. The summed E-state index contributed by atoms with van der Waals surface area (Å²) in [6, 6.07) is 0. The van der Waals surface area contributed by atoms with Gasteiger partial charge in [0.25, 0.3) is 0 Å². The summed E-state index contributed by atoms with van der Waals surface area (Å²) in [5.74, 6) is 2.88. The number of fused-ring (bicyclic) bond motifs is 1. The number of rotatable bonds is 2. The highest BCUT2D eigenvalue weighted by Gasteiger charge is 2.41. The van der Waals surface area contributed by atoms with Crippen LogP contribution in [0.5, 0.6) is 0 Å². The fourth-order valence-electron chi connectivity index (χ4n) is 3.85. The van der Waals surface area contributed by atoms with Crippen LogP contribution in [0.4, 0.5) is 0 Å². The summed E-state index contributed by atoms with van der Waals surface area (Å²) in [4.78, 5) is 0. The molecule has 2 aliphatic carbocycles. The lowest BCUT2D eigenvalue weighted by Crippen LogP contribution is -2.41. The second kappa shape index (κ2) is 5.11. The number of aliphatic hydroxyl groups excluding tert-OH is 2. The molecule has 17 heavy (non-hydrogen) atoms. The monoisotopic (exact) mass is 238 g/mol. The van der Waals surface area contributed by atoms with Crippen molar-refractivity contribution in [3.8, 4) is 0 Å². The van der Waals surface area contributed by atoms with E-state index >= 15 is 0 Å². The maximum Gasteiger partial charge on any atom is 0.0750 e. The predicted octanol–water partition coefficient (Wildman–Crippen LogP) is 2.60. The van der Waals surface area contributed by atoms with Crippen molar-refractivity contribution in [2.45, 2.75) is 46.1 Å². The maximum atomic E-state index is 10.00. The number of hydrogen-bond donors (Lipinski definition) is 2. The van der Waals surface area contributed by atoms with Gasteiger partial charge in [-0.25, -0.2) is 0 Å². The lowest BCUT2D eigenvalue weighted by molar-refractivity contribution is 0.0302. The van der Waals surface area contributed by atoms with E-state index in [2.05, 4.69) is 19.9 Å². The molecule has 0 bridgehead atoms. The van der Waals surface area contributed by atoms with E-state index in [9.17, 15) is 10.2 Å². The third-order valence-corrected chi connectivity index (χ3v) is 5.17. The minimum atomic E-state index is -0.234. The van der Waals surface area contributed by atoms with Crippen LogP contribution in [-0.4, -0.2) is 22.9 Å². The number of hydrogen-bond acceptors (Lipinski definition) is 2. The van der Waals surface area contributed by atoms with Crippen molar-refractivity contribution in [3.63, 3.8) is 0 Å². The summed E-state index contributed by atoms with van der Waals surface area (Å²) in [5, 5.41) is 19.4. The molecule has 2 aliphatic rings. The highest BCUT2D eigenvalue weighted by molar-refractivity contribution is 5.15. The fraction of sp³-hybridized carbons (Fsp3) is 0.867. The molecule has 0 radical (unpaired) electrons. The van der Waals surface area contributed by atoms with Gasteiger partial charge in [0.05, 0.1) is 6.10 Å². The van der Waals surface area contributed by atoms with Gasteiger partial charge in [0.1, 0.15) is 0 Å². The van der Waals surface area contributed by atoms with Gasteiger partial charge in [-0.3, -0.25) is 0 Å². The van der Waals surface area contributed by atoms with Crippen LogP contribution in [-0.2, 0) is 0 Å². The van der Waals surface area contributed by atoms with Crippen molar-refractivity contribution in [1.29, 1.82) is 0 Å². The third-order valence-electron chi connectivity index (χ3n) is 5.17. The first-order valence-electron chi connectivity index (χ1n) is 7.01. The third kappa shape index (κ3) is 2.43. The Kier molecular flexibility index (Phi) is 3.94. The lowest BCUT2D eigenvalue weighted by Gasteiger charge is -2.46. The molecule has 0 unspecified atom stereocenters. The first-order chi connectivity index (χ1) is 8.04. The molecule has 0 spiro atoms. The van der Waals surface area contributed by atoms with E-state index in [1.165, 1.54) is 12.8 Å². The van der Waals surface area contributed by atoms with Crippen LogP contribution in [0.3, 0.4) is 0 Å². The van der Waals surface area contributed by atoms with Gasteiger partial charge in [-0.2, -0.15) is 0 Å². The summed E-state index contributed by atoms with van der Waals surface area (Å²) in [7, 11) is 0. The molecule has 2 heteroatoms. The van der Waals surface area contributed by atoms with Crippen LogP contribution in [0, 0.1) is 29.6 Å². The highest BCUT2D eigenvalue weighted by atomic mass is 16.3. The molecule has 0 aromatic rings. The fourth-order valence-corrected chi connectivity index (χ4v) is 3.85. The largest absolute Gasteiger partial charge is 0.396 e. The van der Waals surface area contributed by atoms with Crippen LogP contribution in [0.1, 0.15) is 40.0 Å². The van der Waals surface area contributed by atoms with Gasteiger partial charge in [0.2, 0.25) is 0 Å². The summed E-state index contributed by atoms with van der Waals surface area (Å²) in [5.41, 5.74) is 1.13. The Morgan fingerprint density at radius 1 is 1.41 bits per heavy atom. The zero-order valence-electron chi connectivity index (χ0n) is 11.3. The summed E-state index contributed by atoms with van der Waals surface area (Å²) < 4.78 is 0. The average Bonchev–Trinajstić information content (AvgIpc) is 2.31. The van der Waals surface area contributed by atoms with Crippen molar-refractivity contribution < 1.29 is 10.2 Å². The molecule has 0 aliphatic heterocycles. The normalized spacial score (nSPS) is 43.8. The Bertz CT molecular complexity index is 297. The predicted molar refractivity (Wildman–Crippen MR) is 69.5 cm³/mol. The van der Waals surface area contributed by atoms with Crippen LogP contribution in [0.15, 0.2) is 11.6 Å². The zero-order valence-corrected chi connectivity index (χ0v) is 11.3. The van der Waals surface area contributed by atoms with Crippen LogP contribution in [0.25, 0.3) is 0 Å². The molecular formula is C15H26O2. The molecule has 1 fully saturated rings. The zero-order chi connectivity index (χ0) is 12.6. The van der Waals surface area contributed by atoms with Gasteiger partial charge >= 0.3 is 0 Å². The van der Waals surface area contributed by atoms with Gasteiger partial charge in [-0.05, 0) is 54.9 Å². The first-order valence-corrected chi connectivity index (χ1v) is 7.01. The van der Waals surface area contributed by atoms with Gasteiger partial charge in [-0.1, -0.05) is 26.3 Å². The summed E-state index contributed by atoms with van der Waals surface area (Å²) in [6.45, 7) is 6.81. The lowest BCUT2D eigenvalue weighted by atomic mass is 9.60. The Labute approximate surface area is 105 Å². The topological polar surface area (TPSA) is 40.5 Å². The minimum absolute atomic E-state index is 0.234. The standard InChI is InChI=1S/C15H26O2/c1-9-4-5-12(11(3)8-16)14-6-10(2)15(17)7-13(9)14/h6,9,11-17H,4-5,7-8H2,1-3H3/t9-,11+,12+,13+,14-,15-/m1/s1. The molecule has 0 aromatic heterocycles. The average molecular weight is 238 g/mol. The van der Waals surface area contributed by atoms with E-state index in [0.29, 0.717) is 29.6 Å². The second-order valence-electron chi connectivity index (χ2n) is 6.28. The highest BCUT2D eigenvalue weighted by Crippen LogP contribution is 2.47. The van der Waals surface area contributed by atoms with Crippen molar-refractivity contribution in [3.05, 3.63) is 11.6 Å². The maximum absolute atomic E-state index is 10.00. The SMILES string of the molecule is CC1=C[C@H]2[C@@H](C[C@H]1O)[C@H](C)CC[C@H]2[C@@H](C)CO. The Morgan fingerprint density at radius 2 is 2.12 bits per heavy atom. The Morgan fingerprint density at radius 3 is 2.76 bits per heavy atom. The molecule has 0 amide bonds. The molecule has 1 saturated carbocycles. The van der Waals surface area contributed by atoms with Crippen molar-refractivity contribution >= 4 is 0 Å². The molecule has 2 rings (SSSR count). The number of aliphatic hydroxyl groups is 2. The van der Waals surface area contributed by atoms with Crippen LogP contribution in [0.2, 0.25) is 0 Å². The molecule has 6 atom stereocenters.